The number of para-hydroxylation sites is 1. The summed E-state index contributed by atoms with van der Waals surface area (Å²) in [6.07, 6.45) is 5.74. The fraction of sp³-hybridized carbons (Fsp3) is 0.438. The molecule has 1 atom stereocenters. The maximum atomic E-state index is 6.15. The number of pyridine rings is 1. The summed E-state index contributed by atoms with van der Waals surface area (Å²) in [6, 6.07) is 12.7. The lowest BCUT2D eigenvalue weighted by Crippen LogP contribution is -2.23. The van der Waals surface area contributed by atoms with E-state index in [9.17, 15) is 0 Å². The first-order chi connectivity index (χ1) is 8.79. The molecule has 0 spiro atoms. The van der Waals surface area contributed by atoms with Crippen LogP contribution in [-0.4, -0.2) is 11.0 Å². The minimum atomic E-state index is 0.241. The SMILES string of the molecule is CCCCCC(N)Cc1ccc2ccccc2n1. The average Bonchev–Trinajstić information content (AvgIpc) is 2.39. The monoisotopic (exact) mass is 242 g/mol. The van der Waals surface area contributed by atoms with Crippen molar-refractivity contribution in [3.63, 3.8) is 0 Å². The van der Waals surface area contributed by atoms with Crippen molar-refractivity contribution >= 4 is 10.9 Å². The largest absolute Gasteiger partial charge is 0.327 e. The second-order valence-corrected chi connectivity index (χ2v) is 4.96. The van der Waals surface area contributed by atoms with E-state index in [-0.39, 0.29) is 6.04 Å². The number of hydrogen-bond acceptors (Lipinski definition) is 2. The van der Waals surface area contributed by atoms with Gasteiger partial charge in [0.05, 0.1) is 5.52 Å². The van der Waals surface area contributed by atoms with Crippen molar-refractivity contribution < 1.29 is 0 Å². The van der Waals surface area contributed by atoms with Gasteiger partial charge in [0.15, 0.2) is 0 Å². The van der Waals surface area contributed by atoms with Gasteiger partial charge in [-0.1, -0.05) is 50.5 Å². The molecule has 2 N–H and O–H groups in total. The van der Waals surface area contributed by atoms with E-state index in [1.807, 2.05) is 12.1 Å². The molecule has 18 heavy (non-hydrogen) atoms. The molecule has 1 aromatic carbocycles. The van der Waals surface area contributed by atoms with Crippen LogP contribution in [0.25, 0.3) is 10.9 Å². The van der Waals surface area contributed by atoms with E-state index in [1.165, 1.54) is 24.6 Å². The van der Waals surface area contributed by atoms with Crippen LogP contribution in [0.4, 0.5) is 0 Å². The third-order valence-electron chi connectivity index (χ3n) is 3.31. The van der Waals surface area contributed by atoms with Crippen LogP contribution in [-0.2, 0) is 6.42 Å². The van der Waals surface area contributed by atoms with E-state index >= 15 is 0 Å². The first kappa shape index (κ1) is 13.0. The number of fused-ring (bicyclic) bond motifs is 1. The molecular formula is C16H22N2. The normalized spacial score (nSPS) is 12.8. The van der Waals surface area contributed by atoms with Gasteiger partial charge < -0.3 is 5.73 Å². The number of aromatic nitrogens is 1. The Hall–Kier alpha value is -1.41. The van der Waals surface area contributed by atoms with Crippen LogP contribution in [0.1, 0.15) is 38.3 Å². The van der Waals surface area contributed by atoms with Crippen molar-refractivity contribution in [2.75, 3.05) is 0 Å². The molecule has 1 heterocycles. The second kappa shape index (κ2) is 6.50. The second-order valence-electron chi connectivity index (χ2n) is 4.96. The number of benzene rings is 1. The summed E-state index contributed by atoms with van der Waals surface area (Å²) in [7, 11) is 0. The van der Waals surface area contributed by atoms with E-state index in [0.29, 0.717) is 0 Å². The van der Waals surface area contributed by atoms with Gasteiger partial charge in [-0.25, -0.2) is 0 Å². The molecule has 0 bridgehead atoms. The summed E-state index contributed by atoms with van der Waals surface area (Å²) in [5.74, 6) is 0. The summed E-state index contributed by atoms with van der Waals surface area (Å²) in [6.45, 7) is 2.22. The van der Waals surface area contributed by atoms with Crippen LogP contribution in [0.3, 0.4) is 0 Å². The predicted octanol–water partition coefficient (Wildman–Crippen LogP) is 3.68. The molecule has 0 radical (unpaired) electrons. The minimum absolute atomic E-state index is 0.241. The van der Waals surface area contributed by atoms with Crippen LogP contribution < -0.4 is 5.73 Å². The Morgan fingerprint density at radius 2 is 1.94 bits per heavy atom. The summed E-state index contributed by atoms with van der Waals surface area (Å²) >= 11 is 0. The first-order valence-corrected chi connectivity index (χ1v) is 6.90. The summed E-state index contributed by atoms with van der Waals surface area (Å²) < 4.78 is 0. The van der Waals surface area contributed by atoms with Gasteiger partial charge in [-0.15, -0.1) is 0 Å². The zero-order valence-corrected chi connectivity index (χ0v) is 11.1. The molecule has 1 unspecified atom stereocenters. The van der Waals surface area contributed by atoms with E-state index in [0.717, 1.165) is 24.1 Å². The third kappa shape index (κ3) is 3.54. The van der Waals surface area contributed by atoms with E-state index in [4.69, 9.17) is 5.73 Å². The van der Waals surface area contributed by atoms with Crippen LogP contribution >= 0.6 is 0 Å². The molecule has 0 aliphatic heterocycles. The summed E-state index contributed by atoms with van der Waals surface area (Å²) in [5.41, 5.74) is 8.33. The Balaban J connectivity index is 1.98. The topological polar surface area (TPSA) is 38.9 Å². The molecule has 0 amide bonds. The predicted molar refractivity (Wildman–Crippen MR) is 77.6 cm³/mol. The number of nitrogens with zero attached hydrogens (tertiary/aromatic N) is 1. The van der Waals surface area contributed by atoms with Gasteiger partial charge >= 0.3 is 0 Å². The first-order valence-electron chi connectivity index (χ1n) is 6.90. The highest BCUT2D eigenvalue weighted by atomic mass is 14.7. The molecule has 0 aliphatic rings. The van der Waals surface area contributed by atoms with Crippen LogP contribution in [0.15, 0.2) is 36.4 Å². The van der Waals surface area contributed by atoms with Crippen molar-refractivity contribution in [1.82, 2.24) is 4.98 Å². The maximum Gasteiger partial charge on any atom is 0.0705 e. The van der Waals surface area contributed by atoms with Crippen LogP contribution in [0.5, 0.6) is 0 Å². The van der Waals surface area contributed by atoms with Gasteiger partial charge in [0.1, 0.15) is 0 Å². The molecule has 0 fully saturated rings. The van der Waals surface area contributed by atoms with E-state index in [2.05, 4.69) is 36.2 Å². The van der Waals surface area contributed by atoms with Gasteiger partial charge in [0, 0.05) is 23.5 Å². The molecule has 2 aromatic rings. The Morgan fingerprint density at radius 1 is 1.11 bits per heavy atom. The highest BCUT2D eigenvalue weighted by Crippen LogP contribution is 2.13. The molecule has 0 saturated carbocycles. The smallest absolute Gasteiger partial charge is 0.0705 e. The zero-order valence-electron chi connectivity index (χ0n) is 11.1. The molecular weight excluding hydrogens is 220 g/mol. The highest BCUT2D eigenvalue weighted by molar-refractivity contribution is 5.78. The zero-order chi connectivity index (χ0) is 12.8. The van der Waals surface area contributed by atoms with Crippen molar-refractivity contribution in [2.45, 2.75) is 45.1 Å². The van der Waals surface area contributed by atoms with Gasteiger partial charge in [0.2, 0.25) is 0 Å². The lowest BCUT2D eigenvalue weighted by molar-refractivity contribution is 0.553. The Kier molecular flexibility index (Phi) is 4.71. The molecule has 2 nitrogen and oxygen atoms in total. The number of unbranched alkanes of at least 4 members (excludes halogenated alkanes) is 2. The van der Waals surface area contributed by atoms with Crippen molar-refractivity contribution in [1.29, 1.82) is 0 Å². The Morgan fingerprint density at radius 3 is 2.78 bits per heavy atom. The lowest BCUT2D eigenvalue weighted by atomic mass is 10.0. The van der Waals surface area contributed by atoms with Crippen LogP contribution in [0, 0.1) is 0 Å². The van der Waals surface area contributed by atoms with Gasteiger partial charge in [0.25, 0.3) is 0 Å². The number of nitrogens with two attached hydrogens (primary N) is 1. The Labute approximate surface area is 109 Å². The minimum Gasteiger partial charge on any atom is -0.327 e. The Bertz CT molecular complexity index is 493. The average molecular weight is 242 g/mol. The van der Waals surface area contributed by atoms with E-state index < -0.39 is 0 Å². The number of rotatable bonds is 6. The molecule has 2 heteroatoms. The molecule has 2 rings (SSSR count). The van der Waals surface area contributed by atoms with Gasteiger partial charge in [-0.05, 0) is 18.6 Å². The fourth-order valence-corrected chi connectivity index (χ4v) is 2.25. The molecule has 1 aromatic heterocycles. The van der Waals surface area contributed by atoms with Crippen molar-refractivity contribution in [3.8, 4) is 0 Å². The van der Waals surface area contributed by atoms with Gasteiger partial charge in [-0.2, -0.15) is 0 Å². The maximum absolute atomic E-state index is 6.15. The molecule has 0 saturated heterocycles. The summed E-state index contributed by atoms with van der Waals surface area (Å²) in [4.78, 5) is 4.66. The summed E-state index contributed by atoms with van der Waals surface area (Å²) in [5, 5.41) is 1.20. The highest BCUT2D eigenvalue weighted by Gasteiger charge is 2.05. The van der Waals surface area contributed by atoms with E-state index in [1.54, 1.807) is 0 Å². The van der Waals surface area contributed by atoms with Gasteiger partial charge in [-0.3, -0.25) is 4.98 Å². The van der Waals surface area contributed by atoms with Crippen molar-refractivity contribution in [3.05, 3.63) is 42.1 Å². The van der Waals surface area contributed by atoms with Crippen molar-refractivity contribution in [2.24, 2.45) is 5.73 Å². The standard InChI is InChI=1S/C16H22N2/c1-2-3-4-8-14(17)12-15-11-10-13-7-5-6-9-16(13)18-15/h5-7,9-11,14H,2-4,8,12,17H2,1H3. The molecule has 0 aliphatic carbocycles. The fourth-order valence-electron chi connectivity index (χ4n) is 2.25. The lowest BCUT2D eigenvalue weighted by Gasteiger charge is -2.11. The quantitative estimate of drug-likeness (QED) is 0.785. The van der Waals surface area contributed by atoms with Crippen LogP contribution in [0.2, 0.25) is 0 Å². The molecule has 96 valence electrons. The third-order valence-corrected chi connectivity index (χ3v) is 3.31. The number of hydrogen-bond donors (Lipinski definition) is 1.